The number of rotatable bonds is 4. The topological polar surface area (TPSA) is 12.9 Å². The van der Waals surface area contributed by atoms with Crippen molar-refractivity contribution in [2.45, 2.75) is 18.6 Å². The summed E-state index contributed by atoms with van der Waals surface area (Å²) in [5.41, 5.74) is 4.03. The molecule has 1 heterocycles. The van der Waals surface area contributed by atoms with Crippen molar-refractivity contribution >= 4 is 40.1 Å². The maximum absolute atomic E-state index is 4.65. The first-order valence-electron chi connectivity index (χ1n) is 8.24. The van der Waals surface area contributed by atoms with Crippen LogP contribution in [0.1, 0.15) is 12.0 Å². The molecule has 0 aliphatic heterocycles. The van der Waals surface area contributed by atoms with Crippen LogP contribution in [0.3, 0.4) is 0 Å². The second-order valence-electron chi connectivity index (χ2n) is 6.10. The number of hydrogen-bond donors (Lipinski definition) is 0. The average molecular weight is 423 g/mol. The maximum atomic E-state index is 4.65. The van der Waals surface area contributed by atoms with Gasteiger partial charge in [-0.15, -0.1) is 24.8 Å². The number of aromatic nitrogens is 1. The van der Waals surface area contributed by atoms with E-state index in [1.807, 2.05) is 12.3 Å². The fraction of sp³-hybridized carbons (Fsp3) is 0.136. The van der Waals surface area contributed by atoms with Crippen molar-refractivity contribution in [2.75, 3.05) is 0 Å². The Kier molecular flexibility index (Phi) is 7.50. The molecule has 1 aromatic heterocycles. The Morgan fingerprint density at radius 3 is 2.50 bits per heavy atom. The Hall–Kier alpha value is -1.56. The molecule has 3 aromatic rings. The quantitative estimate of drug-likeness (QED) is 0.515. The zero-order chi connectivity index (χ0) is 16.4. The fourth-order valence-electron chi connectivity index (χ4n) is 3.19. The number of halogens is 2. The van der Waals surface area contributed by atoms with Gasteiger partial charge < -0.3 is 0 Å². The van der Waals surface area contributed by atoms with Crippen molar-refractivity contribution in [3.8, 4) is 0 Å². The van der Waals surface area contributed by atoms with Crippen LogP contribution >= 0.6 is 24.8 Å². The van der Waals surface area contributed by atoms with Gasteiger partial charge in [0.25, 0.3) is 0 Å². The Morgan fingerprint density at radius 1 is 0.923 bits per heavy atom. The van der Waals surface area contributed by atoms with Crippen molar-refractivity contribution < 1.29 is 14.1 Å². The Bertz CT molecular complexity index is 930. The molecule has 4 heteroatoms. The van der Waals surface area contributed by atoms with Crippen molar-refractivity contribution in [1.82, 2.24) is 4.98 Å². The number of nitrogens with zero attached hydrogens (tertiary/aromatic N) is 1. The van der Waals surface area contributed by atoms with Crippen LogP contribution in [0.4, 0.5) is 0 Å². The number of benzene rings is 2. The molecule has 0 radical (unpaired) electrons. The first-order valence-corrected chi connectivity index (χ1v) is 10.8. The van der Waals surface area contributed by atoms with E-state index in [0.717, 1.165) is 12.8 Å². The van der Waals surface area contributed by atoms with Gasteiger partial charge in [0.05, 0.1) is 0 Å². The number of pyridine rings is 1. The second kappa shape index (κ2) is 9.40. The summed E-state index contributed by atoms with van der Waals surface area (Å²) in [5.74, 6) is 2.43. The van der Waals surface area contributed by atoms with Gasteiger partial charge in [0.2, 0.25) is 0 Å². The summed E-state index contributed by atoms with van der Waals surface area (Å²) in [5, 5.41) is 1.25. The predicted molar refractivity (Wildman–Crippen MR) is 113 cm³/mol. The molecule has 0 atom stereocenters. The van der Waals surface area contributed by atoms with Gasteiger partial charge in [-0.3, -0.25) is 0 Å². The van der Waals surface area contributed by atoms with E-state index in [0.29, 0.717) is 0 Å². The molecule has 0 bridgehead atoms. The molecule has 26 heavy (non-hydrogen) atoms. The Balaban J connectivity index is 0.00000121. The summed E-state index contributed by atoms with van der Waals surface area (Å²) >= 11 is -1.01. The van der Waals surface area contributed by atoms with Crippen LogP contribution in [0.2, 0.25) is 5.79 Å². The van der Waals surface area contributed by atoms with Crippen LogP contribution in [0.25, 0.3) is 10.9 Å². The summed E-state index contributed by atoms with van der Waals surface area (Å²) in [6.45, 7) is 0. The summed E-state index contributed by atoms with van der Waals surface area (Å²) in [6.07, 6.45) is 8.90. The van der Waals surface area contributed by atoms with E-state index in [9.17, 15) is 0 Å². The van der Waals surface area contributed by atoms with E-state index < -0.39 is 14.1 Å². The van der Waals surface area contributed by atoms with Crippen LogP contribution in [0.15, 0.2) is 89.0 Å². The molecule has 0 fully saturated rings. The fourth-order valence-corrected chi connectivity index (χ4v) is 5.82. The predicted octanol–water partition coefficient (Wildman–Crippen LogP) is 5.83. The zero-order valence-electron chi connectivity index (χ0n) is 14.6. The van der Waals surface area contributed by atoms with Gasteiger partial charge in [-0.25, -0.2) is 0 Å². The van der Waals surface area contributed by atoms with E-state index in [1.165, 1.54) is 26.5 Å². The molecular formula is C22H22Cl2CrN. The number of fused-ring (bicyclic) bond motifs is 1. The molecule has 0 N–H and O–H groups in total. The molecule has 1 nitrogen and oxygen atoms in total. The third-order valence-corrected chi connectivity index (χ3v) is 7.70. The van der Waals surface area contributed by atoms with Gasteiger partial charge >= 0.3 is 148 Å². The van der Waals surface area contributed by atoms with E-state index in [2.05, 4.69) is 77.5 Å². The molecule has 4 rings (SSSR count). The van der Waals surface area contributed by atoms with Crippen LogP contribution in [0, 0.1) is 0 Å². The van der Waals surface area contributed by atoms with Crippen molar-refractivity contribution in [3.63, 3.8) is 0 Å². The van der Waals surface area contributed by atoms with Crippen LogP contribution in [0.5, 0.6) is 0 Å². The van der Waals surface area contributed by atoms with Crippen LogP contribution in [-0.4, -0.2) is 4.98 Å². The van der Waals surface area contributed by atoms with Crippen LogP contribution < -0.4 is 4.43 Å². The van der Waals surface area contributed by atoms with E-state index >= 15 is 0 Å². The number of allylic oxidation sites excluding steroid dienone is 4. The summed E-state index contributed by atoms with van der Waals surface area (Å²) in [4.78, 5) is 4.65. The van der Waals surface area contributed by atoms with E-state index in [4.69, 9.17) is 0 Å². The van der Waals surface area contributed by atoms with Crippen LogP contribution in [-0.2, 0) is 20.6 Å². The molecule has 2 aromatic carbocycles. The third kappa shape index (κ3) is 4.40. The minimum absolute atomic E-state index is 0. The molecule has 0 spiro atoms. The average Bonchev–Trinajstić information content (AvgIpc) is 3.10. The molecule has 0 saturated carbocycles. The molecule has 0 saturated heterocycles. The van der Waals surface area contributed by atoms with Gasteiger partial charge in [-0.05, 0) is 0 Å². The minimum atomic E-state index is -1.01. The van der Waals surface area contributed by atoms with Crippen molar-refractivity contribution in [2.24, 2.45) is 0 Å². The monoisotopic (exact) mass is 422 g/mol. The van der Waals surface area contributed by atoms with Crippen molar-refractivity contribution in [3.05, 3.63) is 94.6 Å². The molecule has 0 unspecified atom stereocenters. The van der Waals surface area contributed by atoms with E-state index in [-0.39, 0.29) is 24.8 Å². The molecule has 1 aliphatic carbocycles. The standard InChI is InChI=1S/C12H11.C9H6N.CH3.2ClH.Cr/c1-2-6-11(7-3-1)10-12-8-4-5-9-12;1-2-6-9-8(4-1)5-3-7-10-9;;;;/h1-3,6-9H,4,10H2;1-5,7H;1H3;2*1H;. The van der Waals surface area contributed by atoms with Gasteiger partial charge in [-0.1, -0.05) is 0 Å². The summed E-state index contributed by atoms with van der Waals surface area (Å²) in [7, 11) is 0. The molecule has 135 valence electrons. The normalized spacial score (nSPS) is 13.0. The van der Waals surface area contributed by atoms with Gasteiger partial charge in [-0.2, -0.15) is 0 Å². The molecular weight excluding hydrogens is 401 g/mol. The number of hydrogen-bond acceptors (Lipinski definition) is 1. The second-order valence-corrected chi connectivity index (χ2v) is 9.20. The van der Waals surface area contributed by atoms with E-state index in [1.54, 1.807) is 4.44 Å². The number of para-hydroxylation sites is 1. The molecule has 0 amide bonds. The van der Waals surface area contributed by atoms with Gasteiger partial charge in [0.1, 0.15) is 0 Å². The summed E-state index contributed by atoms with van der Waals surface area (Å²) < 4.78 is 3.06. The molecule has 1 aliphatic rings. The third-order valence-electron chi connectivity index (χ3n) is 4.48. The SMILES string of the molecule is Cl.Cl.[CH3][Cr]([C]1=CC(Cc2ccccc2)=CC1)[c]1cccc2cccnc12. The summed E-state index contributed by atoms with van der Waals surface area (Å²) in [6, 6.07) is 21.5. The zero-order valence-corrected chi connectivity index (χ0v) is 17.5. The van der Waals surface area contributed by atoms with Gasteiger partial charge in [0, 0.05) is 0 Å². The van der Waals surface area contributed by atoms with Crippen molar-refractivity contribution in [1.29, 1.82) is 0 Å². The first-order chi connectivity index (χ1) is 11.8. The van der Waals surface area contributed by atoms with Gasteiger partial charge in [0.15, 0.2) is 0 Å². The Morgan fingerprint density at radius 2 is 1.69 bits per heavy atom. The first kappa shape index (κ1) is 20.8. The Labute approximate surface area is 172 Å².